The van der Waals surface area contributed by atoms with Crippen LogP contribution in [0, 0.1) is 0 Å². The fourth-order valence-electron chi connectivity index (χ4n) is 3.12. The highest BCUT2D eigenvalue weighted by Gasteiger charge is 2.26. The Hall–Kier alpha value is -3.49. The van der Waals surface area contributed by atoms with Crippen molar-refractivity contribution in [3.63, 3.8) is 0 Å². The molecule has 3 aromatic rings. The van der Waals surface area contributed by atoms with Crippen molar-refractivity contribution in [2.75, 3.05) is 30.9 Å². The Morgan fingerprint density at radius 1 is 1.18 bits per heavy atom. The van der Waals surface area contributed by atoms with Crippen LogP contribution in [0.4, 0.5) is 17.3 Å². The molecular formula is C19H20N6O3. The SMILES string of the molecule is CNc1cc(Nc2ccc3c(c2)OCCO3)nc2c(C(=O)NC3CC3)cnn12. The van der Waals surface area contributed by atoms with Crippen LogP contribution < -0.4 is 25.4 Å². The zero-order chi connectivity index (χ0) is 19.1. The molecule has 1 saturated carbocycles. The highest BCUT2D eigenvalue weighted by atomic mass is 16.6. The summed E-state index contributed by atoms with van der Waals surface area (Å²) in [4.78, 5) is 17.1. The van der Waals surface area contributed by atoms with E-state index in [-0.39, 0.29) is 11.9 Å². The molecule has 0 unspecified atom stereocenters. The average molecular weight is 380 g/mol. The van der Waals surface area contributed by atoms with E-state index in [0.29, 0.717) is 36.0 Å². The molecule has 0 spiro atoms. The summed E-state index contributed by atoms with van der Waals surface area (Å²) in [5.74, 6) is 2.58. The van der Waals surface area contributed by atoms with E-state index in [4.69, 9.17) is 9.47 Å². The lowest BCUT2D eigenvalue weighted by molar-refractivity contribution is 0.0952. The van der Waals surface area contributed by atoms with Gasteiger partial charge in [-0.15, -0.1) is 0 Å². The van der Waals surface area contributed by atoms with Gasteiger partial charge in [0.25, 0.3) is 5.91 Å². The molecule has 0 saturated heterocycles. The molecule has 9 nitrogen and oxygen atoms in total. The van der Waals surface area contributed by atoms with E-state index in [1.165, 1.54) is 0 Å². The molecule has 1 aliphatic carbocycles. The van der Waals surface area contributed by atoms with Crippen LogP contribution in [0.25, 0.3) is 5.65 Å². The first-order valence-electron chi connectivity index (χ1n) is 9.25. The second-order valence-corrected chi connectivity index (χ2v) is 6.80. The molecule has 0 atom stereocenters. The zero-order valence-electron chi connectivity index (χ0n) is 15.4. The molecule has 2 aromatic heterocycles. The van der Waals surface area contributed by atoms with Crippen molar-refractivity contribution in [3.8, 4) is 11.5 Å². The summed E-state index contributed by atoms with van der Waals surface area (Å²) < 4.78 is 12.8. The third kappa shape index (κ3) is 3.04. The third-order valence-corrected chi connectivity index (χ3v) is 4.70. The number of amides is 1. The minimum absolute atomic E-state index is 0.150. The standard InChI is InChI=1S/C19H20N6O3/c1-20-17-9-16(22-12-4-5-14-15(8-12)28-7-6-27-14)24-18-13(10-21-25(17)18)19(26)23-11-2-3-11/h4-5,8-11,20H,2-3,6-7H2,1H3,(H,22,24)(H,23,26). The number of ether oxygens (including phenoxy) is 2. The first-order chi connectivity index (χ1) is 13.7. The fourth-order valence-corrected chi connectivity index (χ4v) is 3.12. The van der Waals surface area contributed by atoms with E-state index >= 15 is 0 Å². The van der Waals surface area contributed by atoms with Crippen molar-refractivity contribution >= 4 is 28.9 Å². The Morgan fingerprint density at radius 3 is 2.79 bits per heavy atom. The molecular weight excluding hydrogens is 360 g/mol. The van der Waals surface area contributed by atoms with Gasteiger partial charge in [-0.3, -0.25) is 4.79 Å². The highest BCUT2D eigenvalue weighted by Crippen LogP contribution is 2.33. The molecule has 144 valence electrons. The van der Waals surface area contributed by atoms with Crippen molar-refractivity contribution in [1.82, 2.24) is 19.9 Å². The maximum Gasteiger partial charge on any atom is 0.256 e. The van der Waals surface area contributed by atoms with Crippen molar-refractivity contribution in [2.24, 2.45) is 0 Å². The molecule has 28 heavy (non-hydrogen) atoms. The molecule has 1 aliphatic heterocycles. The van der Waals surface area contributed by atoms with Crippen LogP contribution >= 0.6 is 0 Å². The van der Waals surface area contributed by atoms with Crippen LogP contribution in [-0.4, -0.2) is 46.8 Å². The lowest BCUT2D eigenvalue weighted by atomic mass is 10.2. The molecule has 1 aromatic carbocycles. The Balaban J connectivity index is 1.49. The number of hydrogen-bond donors (Lipinski definition) is 3. The predicted molar refractivity (Wildman–Crippen MR) is 104 cm³/mol. The summed E-state index contributed by atoms with van der Waals surface area (Å²) >= 11 is 0. The van der Waals surface area contributed by atoms with Gasteiger partial charge in [-0.05, 0) is 25.0 Å². The molecule has 0 bridgehead atoms. The number of rotatable bonds is 5. The van der Waals surface area contributed by atoms with Gasteiger partial charge in [0.05, 0.1) is 6.20 Å². The summed E-state index contributed by atoms with van der Waals surface area (Å²) in [5, 5.41) is 13.7. The van der Waals surface area contributed by atoms with Gasteiger partial charge in [-0.2, -0.15) is 9.61 Å². The molecule has 5 rings (SSSR count). The maximum atomic E-state index is 12.5. The monoisotopic (exact) mass is 380 g/mol. The van der Waals surface area contributed by atoms with E-state index < -0.39 is 0 Å². The van der Waals surface area contributed by atoms with Crippen molar-refractivity contribution in [2.45, 2.75) is 18.9 Å². The lowest BCUT2D eigenvalue weighted by Crippen LogP contribution is -2.25. The fraction of sp³-hybridized carbons (Fsp3) is 0.316. The van der Waals surface area contributed by atoms with Gasteiger partial charge in [0.1, 0.15) is 30.4 Å². The van der Waals surface area contributed by atoms with Gasteiger partial charge in [0, 0.05) is 30.9 Å². The van der Waals surface area contributed by atoms with Crippen LogP contribution in [0.5, 0.6) is 11.5 Å². The first-order valence-corrected chi connectivity index (χ1v) is 9.25. The molecule has 1 fully saturated rings. The average Bonchev–Trinajstić information content (AvgIpc) is 3.42. The number of anilines is 3. The smallest absolute Gasteiger partial charge is 0.256 e. The van der Waals surface area contributed by atoms with Gasteiger partial charge < -0.3 is 25.4 Å². The van der Waals surface area contributed by atoms with E-state index in [2.05, 4.69) is 26.0 Å². The summed E-state index contributed by atoms with van der Waals surface area (Å²) in [5.41, 5.74) is 1.76. The van der Waals surface area contributed by atoms with E-state index in [9.17, 15) is 4.79 Å². The minimum Gasteiger partial charge on any atom is -0.486 e. The number of nitrogens with one attached hydrogen (secondary N) is 3. The Bertz CT molecular complexity index is 1060. The van der Waals surface area contributed by atoms with Gasteiger partial charge in [0.15, 0.2) is 17.1 Å². The van der Waals surface area contributed by atoms with Crippen molar-refractivity contribution in [1.29, 1.82) is 0 Å². The topological polar surface area (TPSA) is 102 Å². The van der Waals surface area contributed by atoms with Crippen LogP contribution in [-0.2, 0) is 0 Å². The number of fused-ring (bicyclic) bond motifs is 2. The first kappa shape index (κ1) is 16.7. The number of benzene rings is 1. The third-order valence-electron chi connectivity index (χ3n) is 4.70. The number of carbonyl (C=O) groups is 1. The lowest BCUT2D eigenvalue weighted by Gasteiger charge is -2.19. The van der Waals surface area contributed by atoms with Crippen LogP contribution in [0.2, 0.25) is 0 Å². The summed E-state index contributed by atoms with van der Waals surface area (Å²) in [6, 6.07) is 7.73. The Kier molecular flexibility index (Phi) is 3.92. The number of carbonyl (C=O) groups excluding carboxylic acids is 1. The minimum atomic E-state index is -0.150. The molecule has 2 aliphatic rings. The summed E-state index contributed by atoms with van der Waals surface area (Å²) in [7, 11) is 1.80. The van der Waals surface area contributed by atoms with Crippen LogP contribution in [0.3, 0.4) is 0 Å². The van der Waals surface area contributed by atoms with E-state index in [1.54, 1.807) is 17.8 Å². The second kappa shape index (κ2) is 6.59. The molecule has 3 N–H and O–H groups in total. The number of nitrogens with zero attached hydrogens (tertiary/aromatic N) is 3. The Labute approximate surface area is 161 Å². The normalized spacial score (nSPS) is 15.3. The van der Waals surface area contributed by atoms with Gasteiger partial charge in [-0.1, -0.05) is 0 Å². The van der Waals surface area contributed by atoms with Crippen molar-refractivity contribution < 1.29 is 14.3 Å². The second-order valence-electron chi connectivity index (χ2n) is 6.80. The van der Waals surface area contributed by atoms with Gasteiger partial charge in [-0.25, -0.2) is 4.98 Å². The molecule has 3 heterocycles. The summed E-state index contributed by atoms with van der Waals surface area (Å²) in [6.45, 7) is 1.08. The number of aromatic nitrogens is 3. The Morgan fingerprint density at radius 2 is 2.00 bits per heavy atom. The quantitative estimate of drug-likeness (QED) is 0.623. The number of hydrogen-bond acceptors (Lipinski definition) is 7. The molecule has 1 amide bonds. The van der Waals surface area contributed by atoms with Gasteiger partial charge >= 0.3 is 0 Å². The molecule has 9 heteroatoms. The zero-order valence-corrected chi connectivity index (χ0v) is 15.4. The maximum absolute atomic E-state index is 12.5. The van der Waals surface area contributed by atoms with Gasteiger partial charge in [0.2, 0.25) is 0 Å². The van der Waals surface area contributed by atoms with E-state index in [0.717, 1.165) is 30.1 Å². The van der Waals surface area contributed by atoms with Crippen molar-refractivity contribution in [3.05, 3.63) is 36.0 Å². The highest BCUT2D eigenvalue weighted by molar-refractivity contribution is 6.00. The van der Waals surface area contributed by atoms with E-state index in [1.807, 2.05) is 24.3 Å². The predicted octanol–water partition coefficient (Wildman–Crippen LogP) is 2.18. The largest absolute Gasteiger partial charge is 0.486 e. The molecule has 0 radical (unpaired) electrons. The summed E-state index contributed by atoms with van der Waals surface area (Å²) in [6.07, 6.45) is 3.60. The van der Waals surface area contributed by atoms with Crippen LogP contribution in [0.15, 0.2) is 30.5 Å². The van der Waals surface area contributed by atoms with Crippen LogP contribution in [0.1, 0.15) is 23.2 Å².